The summed E-state index contributed by atoms with van der Waals surface area (Å²) < 4.78 is 0. The number of rotatable bonds is 5. The van der Waals surface area contributed by atoms with E-state index in [2.05, 4.69) is 56.4 Å². The Morgan fingerprint density at radius 2 is 1.88 bits per heavy atom. The van der Waals surface area contributed by atoms with Crippen molar-refractivity contribution in [2.45, 2.75) is 52.0 Å². The molecule has 94 valence electrons. The monoisotopic (exact) mass is 231 g/mol. The topological polar surface area (TPSA) is 12.0 Å². The Labute approximate surface area is 106 Å². The van der Waals surface area contributed by atoms with Crippen LogP contribution in [0.25, 0.3) is 0 Å². The van der Waals surface area contributed by atoms with Gasteiger partial charge in [0.1, 0.15) is 0 Å². The highest BCUT2D eigenvalue weighted by atomic mass is 15.0. The molecule has 1 N–H and O–H groups in total. The van der Waals surface area contributed by atoms with E-state index in [4.69, 9.17) is 0 Å². The standard InChI is InChI=1S/C16H25N/c1-16(2,3)10-7-11-17-15-12-14(15)13-8-5-4-6-9-13/h4-6,8-9,14-15,17H,7,10-12H2,1-3H3/t14?,15-/m1/s1. The molecule has 0 radical (unpaired) electrons. The zero-order valence-corrected chi connectivity index (χ0v) is 11.4. The van der Waals surface area contributed by atoms with Crippen LogP contribution in [0.1, 0.15) is 51.5 Å². The van der Waals surface area contributed by atoms with Gasteiger partial charge in [0.15, 0.2) is 0 Å². The summed E-state index contributed by atoms with van der Waals surface area (Å²) in [4.78, 5) is 0. The van der Waals surface area contributed by atoms with Crippen LogP contribution in [-0.4, -0.2) is 12.6 Å². The molecule has 0 aromatic heterocycles. The van der Waals surface area contributed by atoms with E-state index in [1.165, 1.54) is 31.4 Å². The van der Waals surface area contributed by atoms with E-state index >= 15 is 0 Å². The third kappa shape index (κ3) is 4.16. The Morgan fingerprint density at radius 1 is 1.18 bits per heavy atom. The SMILES string of the molecule is CC(C)(C)CCCN[C@@H]1CC1c1ccccc1. The van der Waals surface area contributed by atoms with Gasteiger partial charge >= 0.3 is 0 Å². The zero-order chi connectivity index (χ0) is 12.3. The molecule has 1 aliphatic carbocycles. The molecule has 1 fully saturated rings. The summed E-state index contributed by atoms with van der Waals surface area (Å²) in [5.74, 6) is 0.769. The van der Waals surface area contributed by atoms with Crippen molar-refractivity contribution >= 4 is 0 Å². The lowest BCUT2D eigenvalue weighted by atomic mass is 9.91. The summed E-state index contributed by atoms with van der Waals surface area (Å²) in [6, 6.07) is 11.6. The summed E-state index contributed by atoms with van der Waals surface area (Å²) in [6.45, 7) is 8.12. The van der Waals surface area contributed by atoms with Crippen molar-refractivity contribution in [1.82, 2.24) is 5.32 Å². The Bertz CT molecular complexity index is 336. The maximum absolute atomic E-state index is 3.68. The minimum Gasteiger partial charge on any atom is -0.313 e. The summed E-state index contributed by atoms with van der Waals surface area (Å²) >= 11 is 0. The molecule has 2 atom stereocenters. The first-order valence-electron chi connectivity index (χ1n) is 6.84. The maximum Gasteiger partial charge on any atom is 0.0143 e. The van der Waals surface area contributed by atoms with Gasteiger partial charge in [-0.15, -0.1) is 0 Å². The van der Waals surface area contributed by atoms with Gasteiger partial charge in [-0.2, -0.15) is 0 Å². The van der Waals surface area contributed by atoms with E-state index < -0.39 is 0 Å². The largest absolute Gasteiger partial charge is 0.313 e. The van der Waals surface area contributed by atoms with Crippen LogP contribution < -0.4 is 5.32 Å². The lowest BCUT2D eigenvalue weighted by molar-refractivity contribution is 0.360. The number of hydrogen-bond donors (Lipinski definition) is 1. The van der Waals surface area contributed by atoms with Crippen LogP contribution in [0.4, 0.5) is 0 Å². The Hall–Kier alpha value is -0.820. The molecule has 1 unspecified atom stereocenters. The summed E-state index contributed by atoms with van der Waals surface area (Å²) in [6.07, 6.45) is 3.92. The molecule has 0 bridgehead atoms. The molecule has 0 saturated heterocycles. The molecule has 0 aliphatic heterocycles. The van der Waals surface area contributed by atoms with Crippen molar-refractivity contribution in [3.05, 3.63) is 35.9 Å². The molecular formula is C16H25N. The van der Waals surface area contributed by atoms with Gasteiger partial charge in [-0.1, -0.05) is 51.1 Å². The molecule has 0 amide bonds. The lowest BCUT2D eigenvalue weighted by Crippen LogP contribution is -2.20. The summed E-state index contributed by atoms with van der Waals surface area (Å²) in [5, 5.41) is 3.68. The first-order chi connectivity index (χ1) is 8.06. The molecule has 1 saturated carbocycles. The minimum atomic E-state index is 0.476. The van der Waals surface area contributed by atoms with Crippen molar-refractivity contribution < 1.29 is 0 Å². The van der Waals surface area contributed by atoms with Crippen LogP contribution in [0.5, 0.6) is 0 Å². The summed E-state index contributed by atoms with van der Waals surface area (Å²) in [5.41, 5.74) is 1.98. The molecule has 1 nitrogen and oxygen atoms in total. The van der Waals surface area contributed by atoms with Gasteiger partial charge in [0, 0.05) is 12.0 Å². The highest BCUT2D eigenvalue weighted by Crippen LogP contribution is 2.40. The zero-order valence-electron chi connectivity index (χ0n) is 11.4. The number of benzene rings is 1. The molecule has 1 aliphatic rings. The van der Waals surface area contributed by atoms with Crippen molar-refractivity contribution in [2.75, 3.05) is 6.54 Å². The van der Waals surface area contributed by atoms with E-state index in [0.29, 0.717) is 5.41 Å². The first-order valence-corrected chi connectivity index (χ1v) is 6.84. The van der Waals surface area contributed by atoms with Gasteiger partial charge in [-0.05, 0) is 36.8 Å². The molecule has 1 aromatic rings. The lowest BCUT2D eigenvalue weighted by Gasteiger charge is -2.17. The van der Waals surface area contributed by atoms with E-state index in [9.17, 15) is 0 Å². The fourth-order valence-corrected chi connectivity index (χ4v) is 2.40. The smallest absolute Gasteiger partial charge is 0.0143 e. The average Bonchev–Trinajstić information content (AvgIpc) is 3.04. The second-order valence-corrected chi connectivity index (χ2v) is 6.48. The number of nitrogens with one attached hydrogen (secondary N) is 1. The second kappa shape index (κ2) is 5.22. The molecule has 1 aromatic carbocycles. The van der Waals surface area contributed by atoms with E-state index in [1.807, 2.05) is 0 Å². The Balaban J connectivity index is 1.64. The predicted molar refractivity (Wildman–Crippen MR) is 74.3 cm³/mol. The highest BCUT2D eigenvalue weighted by molar-refractivity contribution is 5.27. The molecule has 17 heavy (non-hydrogen) atoms. The molecule has 1 heteroatoms. The van der Waals surface area contributed by atoms with Crippen LogP contribution in [-0.2, 0) is 0 Å². The van der Waals surface area contributed by atoms with Gasteiger partial charge in [0.2, 0.25) is 0 Å². The molecule has 2 rings (SSSR count). The summed E-state index contributed by atoms with van der Waals surface area (Å²) in [7, 11) is 0. The maximum atomic E-state index is 3.68. The van der Waals surface area contributed by atoms with Crippen molar-refractivity contribution in [3.63, 3.8) is 0 Å². The third-order valence-corrected chi connectivity index (χ3v) is 3.53. The van der Waals surface area contributed by atoms with Crippen LogP contribution in [0.2, 0.25) is 0 Å². The number of hydrogen-bond acceptors (Lipinski definition) is 1. The first kappa shape index (κ1) is 12.6. The van der Waals surface area contributed by atoms with Gasteiger partial charge in [-0.25, -0.2) is 0 Å². The normalized spacial score (nSPS) is 23.7. The third-order valence-electron chi connectivity index (χ3n) is 3.53. The van der Waals surface area contributed by atoms with Crippen molar-refractivity contribution in [1.29, 1.82) is 0 Å². The van der Waals surface area contributed by atoms with Gasteiger partial charge in [0.25, 0.3) is 0 Å². The van der Waals surface area contributed by atoms with E-state index in [-0.39, 0.29) is 0 Å². The second-order valence-electron chi connectivity index (χ2n) is 6.48. The fourth-order valence-electron chi connectivity index (χ4n) is 2.40. The van der Waals surface area contributed by atoms with Gasteiger partial charge in [-0.3, -0.25) is 0 Å². The highest BCUT2D eigenvalue weighted by Gasteiger charge is 2.37. The van der Waals surface area contributed by atoms with Crippen LogP contribution >= 0.6 is 0 Å². The van der Waals surface area contributed by atoms with Crippen molar-refractivity contribution in [3.8, 4) is 0 Å². The molecule has 0 spiro atoms. The van der Waals surface area contributed by atoms with Crippen molar-refractivity contribution in [2.24, 2.45) is 5.41 Å². The predicted octanol–water partition coefficient (Wildman–Crippen LogP) is 3.96. The average molecular weight is 231 g/mol. The van der Waals surface area contributed by atoms with Crippen LogP contribution in [0, 0.1) is 5.41 Å². The van der Waals surface area contributed by atoms with Gasteiger partial charge < -0.3 is 5.32 Å². The fraction of sp³-hybridized carbons (Fsp3) is 0.625. The van der Waals surface area contributed by atoms with Crippen LogP contribution in [0.15, 0.2) is 30.3 Å². The van der Waals surface area contributed by atoms with Gasteiger partial charge in [0.05, 0.1) is 0 Å². The Kier molecular flexibility index (Phi) is 3.88. The Morgan fingerprint density at radius 3 is 2.53 bits per heavy atom. The molecule has 0 heterocycles. The van der Waals surface area contributed by atoms with E-state index in [0.717, 1.165) is 12.0 Å². The van der Waals surface area contributed by atoms with E-state index in [1.54, 1.807) is 0 Å². The quantitative estimate of drug-likeness (QED) is 0.756. The minimum absolute atomic E-state index is 0.476. The van der Waals surface area contributed by atoms with Crippen LogP contribution in [0.3, 0.4) is 0 Å². The molecular weight excluding hydrogens is 206 g/mol.